The minimum Gasteiger partial charge on any atom is -0.481 e. The van der Waals surface area contributed by atoms with Gasteiger partial charge in [-0.05, 0) is 49.1 Å². The van der Waals surface area contributed by atoms with Gasteiger partial charge in [0.25, 0.3) is 5.91 Å². The lowest BCUT2D eigenvalue weighted by Crippen LogP contribution is -2.54. The molecule has 1 aromatic rings. The predicted molar refractivity (Wildman–Crippen MR) is 100 cm³/mol. The molecule has 2 amide bonds. The number of hydrogen-bond donors (Lipinski definition) is 3. The zero-order valence-electron chi connectivity index (χ0n) is 15.0. The number of carboxylic acids is 1. The van der Waals surface area contributed by atoms with Crippen LogP contribution in [0.3, 0.4) is 0 Å². The molecule has 0 spiro atoms. The Hall–Kier alpha value is -2.06. The summed E-state index contributed by atoms with van der Waals surface area (Å²) in [6.45, 7) is 0.407. The third-order valence-corrected chi connectivity index (χ3v) is 6.13. The van der Waals surface area contributed by atoms with Gasteiger partial charge in [0.15, 0.2) is 0 Å². The number of benzene rings is 1. The van der Waals surface area contributed by atoms with Crippen LogP contribution in [-0.4, -0.2) is 50.9 Å². The molecule has 0 aliphatic carbocycles. The van der Waals surface area contributed by atoms with E-state index in [0.29, 0.717) is 31.4 Å². The summed E-state index contributed by atoms with van der Waals surface area (Å²) in [7, 11) is 0. The number of carbonyl (C=O) groups is 3. The van der Waals surface area contributed by atoms with Crippen LogP contribution in [0.1, 0.15) is 54.4 Å². The number of nitrogens with zero attached hydrogens (tertiary/aromatic N) is 1. The predicted octanol–water partition coefficient (Wildman–Crippen LogP) is 1.98. The summed E-state index contributed by atoms with van der Waals surface area (Å²) in [4.78, 5) is 38.1. The van der Waals surface area contributed by atoms with Crippen molar-refractivity contribution in [1.82, 2.24) is 10.2 Å². The molecular formula is C19H24N2O5S. The summed E-state index contributed by atoms with van der Waals surface area (Å²) in [5.41, 5.74) is 1.60. The third kappa shape index (κ3) is 4.62. The zero-order chi connectivity index (χ0) is 19.4. The van der Waals surface area contributed by atoms with E-state index in [2.05, 4.69) is 5.32 Å². The fraction of sp³-hybridized carbons (Fsp3) is 0.526. The summed E-state index contributed by atoms with van der Waals surface area (Å²) < 4.78 is 0. The molecule has 2 aliphatic heterocycles. The van der Waals surface area contributed by atoms with Gasteiger partial charge in [0.05, 0.1) is 0 Å². The van der Waals surface area contributed by atoms with Crippen molar-refractivity contribution in [3.63, 3.8) is 0 Å². The van der Waals surface area contributed by atoms with Crippen molar-refractivity contribution in [1.29, 1.82) is 0 Å². The van der Waals surface area contributed by atoms with Crippen molar-refractivity contribution >= 4 is 29.5 Å². The quantitative estimate of drug-likeness (QED) is 0.461. The van der Waals surface area contributed by atoms with Gasteiger partial charge in [0.1, 0.15) is 12.3 Å². The fourth-order valence-corrected chi connectivity index (χ4v) is 4.62. The molecule has 8 heteroatoms. The number of carbonyl (C=O) groups excluding carboxylic acids is 2. The molecule has 0 bridgehead atoms. The van der Waals surface area contributed by atoms with E-state index in [4.69, 9.17) is 5.11 Å². The number of thioether (sulfide) groups is 1. The number of hydrogen-bond acceptors (Lipinski definition) is 5. The van der Waals surface area contributed by atoms with E-state index < -0.39 is 18.2 Å². The van der Waals surface area contributed by atoms with Crippen LogP contribution in [0.5, 0.6) is 0 Å². The molecular weight excluding hydrogens is 368 g/mol. The number of aliphatic hydroxyl groups excluding tert-OH is 1. The van der Waals surface area contributed by atoms with E-state index in [9.17, 15) is 19.5 Å². The second kappa shape index (κ2) is 8.75. The lowest BCUT2D eigenvalue weighted by molar-refractivity contribution is -0.137. The molecule has 7 nitrogen and oxygen atoms in total. The molecule has 27 heavy (non-hydrogen) atoms. The van der Waals surface area contributed by atoms with Crippen LogP contribution in [0.2, 0.25) is 0 Å². The number of amides is 2. The zero-order valence-corrected chi connectivity index (χ0v) is 15.8. The molecule has 1 aromatic carbocycles. The summed E-state index contributed by atoms with van der Waals surface area (Å²) >= 11 is 1.67. The highest BCUT2D eigenvalue weighted by Gasteiger charge is 2.39. The second-order valence-electron chi connectivity index (χ2n) is 6.89. The van der Waals surface area contributed by atoms with Crippen LogP contribution >= 0.6 is 11.8 Å². The first kappa shape index (κ1) is 19.7. The van der Waals surface area contributed by atoms with Gasteiger partial charge in [0, 0.05) is 23.4 Å². The van der Waals surface area contributed by atoms with E-state index in [1.165, 1.54) is 0 Å². The number of aliphatic hydroxyl groups is 1. The van der Waals surface area contributed by atoms with Crippen LogP contribution in [-0.2, 0) is 16.1 Å². The molecule has 1 fully saturated rings. The van der Waals surface area contributed by atoms with E-state index in [1.54, 1.807) is 22.7 Å². The molecule has 146 valence electrons. The van der Waals surface area contributed by atoms with Crippen molar-refractivity contribution in [3.8, 4) is 0 Å². The summed E-state index contributed by atoms with van der Waals surface area (Å²) in [5.74, 6) is -0.338. The maximum Gasteiger partial charge on any atom is 0.303 e. The van der Waals surface area contributed by atoms with Crippen molar-refractivity contribution < 1.29 is 24.6 Å². The summed E-state index contributed by atoms with van der Waals surface area (Å²) in [6.07, 6.45) is 2.73. The van der Waals surface area contributed by atoms with Gasteiger partial charge in [-0.25, -0.2) is 0 Å². The minimum atomic E-state index is -0.832. The molecule has 0 aromatic heterocycles. The Labute approximate surface area is 162 Å². The molecule has 0 saturated carbocycles. The highest BCUT2D eigenvalue weighted by molar-refractivity contribution is 7.99. The van der Waals surface area contributed by atoms with Crippen LogP contribution in [0.25, 0.3) is 0 Å². The molecule has 3 rings (SSSR count). The maximum absolute atomic E-state index is 12.8. The molecule has 0 radical (unpaired) electrons. The molecule has 2 unspecified atom stereocenters. The molecule has 1 saturated heterocycles. The summed E-state index contributed by atoms with van der Waals surface area (Å²) in [6, 6.07) is 5.10. The Bertz CT molecular complexity index is 739. The Kier molecular flexibility index (Phi) is 6.38. The van der Waals surface area contributed by atoms with Crippen LogP contribution in [0.4, 0.5) is 0 Å². The third-order valence-electron chi connectivity index (χ3n) is 4.95. The van der Waals surface area contributed by atoms with Gasteiger partial charge >= 0.3 is 5.97 Å². The highest BCUT2D eigenvalue weighted by Crippen LogP contribution is 2.34. The average molecular weight is 392 g/mol. The van der Waals surface area contributed by atoms with Crippen LogP contribution in [0, 0.1) is 0 Å². The first-order valence-electron chi connectivity index (χ1n) is 9.23. The maximum atomic E-state index is 12.8. The van der Waals surface area contributed by atoms with E-state index >= 15 is 0 Å². The molecule has 3 N–H and O–H groups in total. The normalized spacial score (nSPS) is 21.9. The molecule has 2 aliphatic rings. The van der Waals surface area contributed by atoms with Gasteiger partial charge in [0.2, 0.25) is 5.91 Å². The van der Waals surface area contributed by atoms with Gasteiger partial charge < -0.3 is 20.4 Å². The number of piperidine rings is 1. The van der Waals surface area contributed by atoms with Crippen LogP contribution in [0.15, 0.2) is 23.1 Å². The average Bonchev–Trinajstić information content (AvgIpc) is 2.95. The lowest BCUT2D eigenvalue weighted by Gasteiger charge is -2.32. The van der Waals surface area contributed by atoms with Gasteiger partial charge in [-0.2, -0.15) is 0 Å². The van der Waals surface area contributed by atoms with Crippen molar-refractivity contribution in [2.75, 3.05) is 5.75 Å². The highest BCUT2D eigenvalue weighted by atomic mass is 32.2. The smallest absolute Gasteiger partial charge is 0.303 e. The topological polar surface area (TPSA) is 107 Å². The first-order valence-corrected chi connectivity index (χ1v) is 10.2. The number of unbranched alkanes of at least 4 members (excludes halogenated alkanes) is 2. The number of rotatable bonds is 8. The number of aliphatic carboxylic acids is 1. The van der Waals surface area contributed by atoms with Crippen molar-refractivity contribution in [3.05, 3.63) is 29.3 Å². The standard InChI is InChI=1S/C19H24N2O5S/c22-16-9-8-14(18(25)20-16)21-11-13-12(19(21)26)5-4-6-15(13)27-10-3-1-2-7-17(23)24/h4-6,14,16,22H,1-3,7-11H2,(H,20,25)(H,23,24). The van der Waals surface area contributed by atoms with Gasteiger partial charge in [-0.15, -0.1) is 11.8 Å². The van der Waals surface area contributed by atoms with E-state index in [-0.39, 0.29) is 18.2 Å². The lowest BCUT2D eigenvalue weighted by atomic mass is 10.0. The molecule has 2 atom stereocenters. The Morgan fingerprint density at radius 2 is 2.04 bits per heavy atom. The fourth-order valence-electron chi connectivity index (χ4n) is 3.53. The SMILES string of the molecule is O=C(O)CCCCCSc1cccc2c1CN(C1CCC(O)NC1=O)C2=O. The van der Waals surface area contributed by atoms with Crippen molar-refractivity contribution in [2.45, 2.75) is 62.2 Å². The number of carboxylic acid groups (broad SMARTS) is 1. The van der Waals surface area contributed by atoms with Crippen LogP contribution < -0.4 is 5.32 Å². The molecule has 2 heterocycles. The van der Waals surface area contributed by atoms with Gasteiger partial charge in [-0.3, -0.25) is 14.4 Å². The monoisotopic (exact) mass is 392 g/mol. The second-order valence-corrected chi connectivity index (χ2v) is 8.02. The largest absolute Gasteiger partial charge is 0.481 e. The van der Waals surface area contributed by atoms with E-state index in [1.807, 2.05) is 12.1 Å². The number of nitrogens with one attached hydrogen (secondary N) is 1. The Morgan fingerprint density at radius 3 is 2.78 bits per heavy atom. The first-order chi connectivity index (χ1) is 13.0. The Balaban J connectivity index is 1.60. The Morgan fingerprint density at radius 1 is 1.22 bits per heavy atom. The number of fused-ring (bicyclic) bond motifs is 1. The van der Waals surface area contributed by atoms with Crippen molar-refractivity contribution in [2.24, 2.45) is 0 Å². The van der Waals surface area contributed by atoms with E-state index in [0.717, 1.165) is 29.1 Å². The van der Waals surface area contributed by atoms with Gasteiger partial charge in [-0.1, -0.05) is 12.5 Å². The summed E-state index contributed by atoms with van der Waals surface area (Å²) in [5, 5.41) is 20.7. The minimum absolute atomic E-state index is 0.134.